The van der Waals surface area contributed by atoms with E-state index in [4.69, 9.17) is 15.6 Å². The Labute approximate surface area is 105 Å². The zero-order valence-corrected chi connectivity index (χ0v) is 10.1. The molecule has 0 radical (unpaired) electrons. The molecule has 0 saturated carbocycles. The summed E-state index contributed by atoms with van der Waals surface area (Å²) in [5.74, 6) is -0.775. The number of hydrogen-bond donors (Lipinski definition) is 3. The second kappa shape index (κ2) is 6.48. The highest BCUT2D eigenvalue weighted by atomic mass is 16.5. The summed E-state index contributed by atoms with van der Waals surface area (Å²) in [5.41, 5.74) is 6.15. The molecule has 0 aliphatic rings. The SMILES string of the molecule is CNC(=O)CCCOc1cc(C(=O)O)ccc1N. The summed E-state index contributed by atoms with van der Waals surface area (Å²) in [6, 6.07) is 4.27. The third kappa shape index (κ3) is 3.97. The number of nitrogens with one attached hydrogen (secondary N) is 1. The first-order valence-corrected chi connectivity index (χ1v) is 5.50. The van der Waals surface area contributed by atoms with Crippen LogP contribution in [0.3, 0.4) is 0 Å². The molecule has 6 nitrogen and oxygen atoms in total. The number of nitrogen functional groups attached to an aromatic ring is 1. The molecule has 4 N–H and O–H groups in total. The summed E-state index contributed by atoms with van der Waals surface area (Å²) >= 11 is 0. The van der Waals surface area contributed by atoms with E-state index in [1.807, 2.05) is 0 Å². The quantitative estimate of drug-likeness (QED) is 0.515. The highest BCUT2D eigenvalue weighted by Gasteiger charge is 2.07. The average molecular weight is 252 g/mol. The van der Waals surface area contributed by atoms with Crippen molar-refractivity contribution in [3.05, 3.63) is 23.8 Å². The Balaban J connectivity index is 2.53. The van der Waals surface area contributed by atoms with Crippen LogP contribution in [-0.2, 0) is 4.79 Å². The van der Waals surface area contributed by atoms with E-state index in [2.05, 4.69) is 5.32 Å². The molecule has 0 bridgehead atoms. The molecule has 6 heteroatoms. The molecule has 1 amide bonds. The second-order valence-corrected chi connectivity index (χ2v) is 3.68. The van der Waals surface area contributed by atoms with Gasteiger partial charge in [-0.25, -0.2) is 4.79 Å². The van der Waals surface area contributed by atoms with Crippen LogP contribution < -0.4 is 15.8 Å². The van der Waals surface area contributed by atoms with E-state index in [0.29, 0.717) is 30.9 Å². The van der Waals surface area contributed by atoms with Crippen molar-refractivity contribution in [2.45, 2.75) is 12.8 Å². The number of aromatic carboxylic acids is 1. The number of carboxylic acids is 1. The van der Waals surface area contributed by atoms with Gasteiger partial charge in [-0.2, -0.15) is 0 Å². The van der Waals surface area contributed by atoms with Gasteiger partial charge in [-0.05, 0) is 24.6 Å². The number of nitrogens with two attached hydrogens (primary N) is 1. The van der Waals surface area contributed by atoms with Crippen LogP contribution in [0.25, 0.3) is 0 Å². The minimum absolute atomic E-state index is 0.0640. The van der Waals surface area contributed by atoms with Gasteiger partial charge in [0.1, 0.15) is 5.75 Å². The number of benzene rings is 1. The molecule has 18 heavy (non-hydrogen) atoms. The molecule has 0 fully saturated rings. The number of anilines is 1. The standard InChI is InChI=1S/C12H16N2O4/c1-14-11(15)3-2-6-18-10-7-8(12(16)17)4-5-9(10)13/h4-5,7H,2-3,6,13H2,1H3,(H,14,15)(H,16,17). The Morgan fingerprint density at radius 3 is 2.78 bits per heavy atom. The van der Waals surface area contributed by atoms with Gasteiger partial charge in [0.25, 0.3) is 0 Å². The normalized spacial score (nSPS) is 9.83. The van der Waals surface area contributed by atoms with Crippen LogP contribution in [0.15, 0.2) is 18.2 Å². The number of carbonyl (C=O) groups excluding carboxylic acids is 1. The number of rotatable bonds is 6. The molecule has 0 unspecified atom stereocenters. The van der Waals surface area contributed by atoms with Crippen molar-refractivity contribution in [2.75, 3.05) is 19.4 Å². The second-order valence-electron chi connectivity index (χ2n) is 3.68. The van der Waals surface area contributed by atoms with Crippen LogP contribution >= 0.6 is 0 Å². The number of amides is 1. The van der Waals surface area contributed by atoms with Gasteiger partial charge in [0.15, 0.2) is 0 Å². The highest BCUT2D eigenvalue weighted by molar-refractivity contribution is 5.89. The van der Waals surface area contributed by atoms with Gasteiger partial charge < -0.3 is 20.9 Å². The van der Waals surface area contributed by atoms with Gasteiger partial charge in [0.05, 0.1) is 17.9 Å². The molecule has 98 valence electrons. The van der Waals surface area contributed by atoms with E-state index in [1.165, 1.54) is 18.2 Å². The Morgan fingerprint density at radius 1 is 1.44 bits per heavy atom. The van der Waals surface area contributed by atoms with Gasteiger partial charge in [0, 0.05) is 13.5 Å². The van der Waals surface area contributed by atoms with Crippen molar-refractivity contribution in [1.82, 2.24) is 5.32 Å². The first-order chi connectivity index (χ1) is 8.54. The van der Waals surface area contributed by atoms with E-state index >= 15 is 0 Å². The molecule has 0 spiro atoms. The van der Waals surface area contributed by atoms with Crippen molar-refractivity contribution >= 4 is 17.6 Å². The van der Waals surface area contributed by atoms with Crippen LogP contribution in [0.1, 0.15) is 23.2 Å². The maximum Gasteiger partial charge on any atom is 0.335 e. The van der Waals surface area contributed by atoms with E-state index in [-0.39, 0.29) is 11.5 Å². The fourth-order valence-electron chi connectivity index (χ4n) is 1.33. The third-order valence-electron chi connectivity index (χ3n) is 2.35. The first-order valence-electron chi connectivity index (χ1n) is 5.50. The summed E-state index contributed by atoms with van der Waals surface area (Å²) in [4.78, 5) is 21.7. The van der Waals surface area contributed by atoms with Crippen molar-refractivity contribution in [1.29, 1.82) is 0 Å². The van der Waals surface area contributed by atoms with E-state index in [1.54, 1.807) is 7.05 Å². The average Bonchev–Trinajstić information content (AvgIpc) is 2.35. The lowest BCUT2D eigenvalue weighted by molar-refractivity contribution is -0.120. The lowest BCUT2D eigenvalue weighted by Gasteiger charge is -2.09. The molecule has 1 aromatic carbocycles. The largest absolute Gasteiger partial charge is 0.491 e. The summed E-state index contributed by atoms with van der Waals surface area (Å²) in [6.07, 6.45) is 0.894. The van der Waals surface area contributed by atoms with Gasteiger partial charge in [-0.3, -0.25) is 4.79 Å². The zero-order valence-electron chi connectivity index (χ0n) is 10.1. The van der Waals surface area contributed by atoms with Gasteiger partial charge >= 0.3 is 5.97 Å². The van der Waals surface area contributed by atoms with E-state index in [9.17, 15) is 9.59 Å². The number of ether oxygens (including phenoxy) is 1. The monoisotopic (exact) mass is 252 g/mol. The first kappa shape index (κ1) is 13.8. The summed E-state index contributed by atoms with van der Waals surface area (Å²) < 4.78 is 5.35. The Morgan fingerprint density at radius 2 is 2.17 bits per heavy atom. The fourth-order valence-corrected chi connectivity index (χ4v) is 1.33. The maximum absolute atomic E-state index is 11.0. The molecule has 1 rings (SSSR count). The van der Waals surface area contributed by atoms with Crippen molar-refractivity contribution in [3.63, 3.8) is 0 Å². The molecular weight excluding hydrogens is 236 g/mol. The summed E-state index contributed by atoms with van der Waals surface area (Å²) in [5, 5.41) is 11.3. The predicted molar refractivity (Wildman–Crippen MR) is 66.6 cm³/mol. The molecule has 0 atom stereocenters. The predicted octanol–water partition coefficient (Wildman–Crippen LogP) is 0.872. The van der Waals surface area contributed by atoms with Crippen LogP contribution in [0.4, 0.5) is 5.69 Å². The summed E-state index contributed by atoms with van der Waals surface area (Å²) in [6.45, 7) is 0.306. The van der Waals surface area contributed by atoms with Crippen molar-refractivity contribution in [3.8, 4) is 5.75 Å². The minimum atomic E-state index is -1.04. The van der Waals surface area contributed by atoms with E-state index in [0.717, 1.165) is 0 Å². The molecule has 0 aliphatic carbocycles. The van der Waals surface area contributed by atoms with Crippen LogP contribution in [0.5, 0.6) is 5.75 Å². The molecule has 0 aliphatic heterocycles. The Bertz CT molecular complexity index is 446. The molecule has 0 aromatic heterocycles. The lowest BCUT2D eigenvalue weighted by atomic mass is 10.2. The van der Waals surface area contributed by atoms with Gasteiger partial charge in [-0.1, -0.05) is 0 Å². The third-order valence-corrected chi connectivity index (χ3v) is 2.35. The summed E-state index contributed by atoms with van der Waals surface area (Å²) in [7, 11) is 1.57. The number of carboxylic acid groups (broad SMARTS) is 1. The van der Waals surface area contributed by atoms with E-state index < -0.39 is 5.97 Å². The molecule has 0 heterocycles. The highest BCUT2D eigenvalue weighted by Crippen LogP contribution is 2.23. The van der Waals surface area contributed by atoms with Crippen molar-refractivity contribution < 1.29 is 19.4 Å². The molecule has 1 aromatic rings. The van der Waals surface area contributed by atoms with Crippen LogP contribution in [-0.4, -0.2) is 30.6 Å². The Hall–Kier alpha value is -2.24. The number of carbonyl (C=O) groups is 2. The Kier molecular flexibility index (Phi) is 4.98. The smallest absolute Gasteiger partial charge is 0.335 e. The van der Waals surface area contributed by atoms with Crippen LogP contribution in [0.2, 0.25) is 0 Å². The molecule has 0 saturated heterocycles. The molecular formula is C12H16N2O4. The van der Waals surface area contributed by atoms with Crippen molar-refractivity contribution in [2.24, 2.45) is 0 Å². The topological polar surface area (TPSA) is 102 Å². The zero-order chi connectivity index (χ0) is 13.5. The van der Waals surface area contributed by atoms with Crippen LogP contribution in [0, 0.1) is 0 Å². The fraction of sp³-hybridized carbons (Fsp3) is 0.333. The van der Waals surface area contributed by atoms with Gasteiger partial charge in [0.2, 0.25) is 5.91 Å². The maximum atomic E-state index is 11.0. The van der Waals surface area contributed by atoms with Gasteiger partial charge in [-0.15, -0.1) is 0 Å². The lowest BCUT2D eigenvalue weighted by Crippen LogP contribution is -2.18. The minimum Gasteiger partial charge on any atom is -0.491 e. The number of hydrogen-bond acceptors (Lipinski definition) is 4.